The van der Waals surface area contributed by atoms with Crippen molar-refractivity contribution in [1.29, 1.82) is 0 Å². The van der Waals surface area contributed by atoms with Crippen LogP contribution in [0.2, 0.25) is 6.04 Å². The van der Waals surface area contributed by atoms with Gasteiger partial charge in [-0.2, -0.15) is 0 Å². The quantitative estimate of drug-likeness (QED) is 0.214. The highest BCUT2D eigenvalue weighted by Crippen LogP contribution is 2.28. The molecule has 0 aliphatic heterocycles. The fourth-order valence-electron chi connectivity index (χ4n) is 3.93. The minimum Gasteiger partial charge on any atom is -0.0629 e. The number of hydrogen-bond donors (Lipinski definition) is 0. The van der Waals surface area contributed by atoms with Crippen LogP contribution in [0, 0.1) is 0 Å². The predicted octanol–water partition coefficient (Wildman–Crippen LogP) is 7.84. The molecule has 0 spiro atoms. The summed E-state index contributed by atoms with van der Waals surface area (Å²) < 4.78 is 163. The fraction of sp³-hybridized carbons (Fsp3) is 0.273. The number of rotatable bonds is 9. The Labute approximate surface area is 234 Å². The molecule has 34 heavy (non-hydrogen) atoms. The van der Waals surface area contributed by atoms with Crippen LogP contribution in [-0.4, -0.2) is 8.07 Å². The van der Waals surface area contributed by atoms with Crippen LogP contribution < -0.4 is 5.19 Å². The van der Waals surface area contributed by atoms with Crippen molar-refractivity contribution < 1.29 is 26.0 Å². The van der Waals surface area contributed by atoms with Crippen LogP contribution in [0.4, 0.5) is 0 Å². The Morgan fingerprint density at radius 3 is 1.62 bits per heavy atom. The van der Waals surface area contributed by atoms with E-state index in [9.17, 15) is 2.74 Å². The van der Waals surface area contributed by atoms with E-state index in [2.05, 4.69) is 0 Å². The second-order valence-corrected chi connectivity index (χ2v) is 13.6. The van der Waals surface area contributed by atoms with Crippen LogP contribution in [0.25, 0.3) is 0 Å². The van der Waals surface area contributed by atoms with Crippen molar-refractivity contribution >= 4 is 13.3 Å². The molecular weight excluding hydrogens is 424 g/mol. The molecule has 0 aliphatic rings. The zero-order chi connectivity index (χ0) is 40.4. The van der Waals surface area contributed by atoms with Crippen molar-refractivity contribution in [2.75, 3.05) is 0 Å². The van der Waals surface area contributed by atoms with Crippen molar-refractivity contribution in [1.82, 2.24) is 0 Å². The molecule has 0 amide bonds. The molecule has 0 heterocycles. The largest absolute Gasteiger partial charge is 0.0953 e. The lowest BCUT2D eigenvalue weighted by Gasteiger charge is -2.34. The molecule has 0 unspecified atom stereocenters. The van der Waals surface area contributed by atoms with Gasteiger partial charge in [-0.15, -0.1) is 0 Å². The van der Waals surface area contributed by atoms with E-state index in [1.165, 1.54) is 0 Å². The van der Waals surface area contributed by atoms with Gasteiger partial charge in [0.1, 0.15) is 0 Å². The molecule has 0 atom stereocenters. The van der Waals surface area contributed by atoms with Crippen molar-refractivity contribution in [3.63, 3.8) is 0 Å². The van der Waals surface area contributed by atoms with E-state index in [4.69, 9.17) is 23.3 Å². The third kappa shape index (κ3) is 6.36. The fourth-order valence-corrected chi connectivity index (χ4v) is 8.30. The molecule has 0 aromatic heterocycles. The summed E-state index contributed by atoms with van der Waals surface area (Å²) in [5.74, 6) is 0. The standard InChI is InChI=1S/C33H38Si/c1-33(2,3)31-22-13-23-32(25-31)34(26-29-17-9-5-10-18-29,27-30-19-11-6-12-20-30)24-14-21-28-15-7-4-8-16-28/h4-13,15-20,22-23,25H,14,21,24,26-27H2,1-3H3/i4D,5D,6D,7D,8D,9D,10D,11D,12D,13D,15D,16D,17D,18D,19D,20D,22D,23D,25D. The summed E-state index contributed by atoms with van der Waals surface area (Å²) in [6.45, 7) is 5.12. The van der Waals surface area contributed by atoms with Gasteiger partial charge in [-0.3, -0.25) is 0 Å². The van der Waals surface area contributed by atoms with Gasteiger partial charge in [0.05, 0.1) is 34.1 Å². The summed E-state index contributed by atoms with van der Waals surface area (Å²) in [7, 11) is -4.15. The number of benzene rings is 4. The minimum atomic E-state index is -4.15. The van der Waals surface area contributed by atoms with E-state index in [1.807, 2.05) is 0 Å². The first-order valence-corrected chi connectivity index (χ1v) is 13.7. The highest BCUT2D eigenvalue weighted by molar-refractivity contribution is 6.91. The predicted molar refractivity (Wildman–Crippen MR) is 150 cm³/mol. The van der Waals surface area contributed by atoms with E-state index in [1.54, 1.807) is 20.8 Å². The zero-order valence-corrected chi connectivity index (χ0v) is 20.5. The van der Waals surface area contributed by atoms with Gasteiger partial charge in [0.25, 0.3) is 0 Å². The second-order valence-electron chi connectivity index (χ2n) is 9.30. The van der Waals surface area contributed by atoms with Crippen LogP contribution >= 0.6 is 0 Å². The molecule has 0 saturated carbocycles. The SMILES string of the molecule is [2H]c1c([2H])c([2H])c(CCC[Si](Cc2c([2H])c([2H])c([2H])c([2H])c2[2H])(Cc2c([2H])c([2H])c([2H])c([2H])c2[2H])c2c([2H])c([2H])c([2H])c(C(C)(C)C)c2[2H])c([2H])c1[2H]. The van der Waals surface area contributed by atoms with Crippen molar-refractivity contribution in [2.24, 2.45) is 0 Å². The Balaban J connectivity index is 2.19. The first-order chi connectivity index (χ1) is 24.3. The summed E-state index contributed by atoms with van der Waals surface area (Å²) in [6.07, 6.45) is -0.181. The van der Waals surface area contributed by atoms with Crippen LogP contribution in [0.3, 0.4) is 0 Å². The second kappa shape index (κ2) is 11.0. The Morgan fingerprint density at radius 1 is 0.618 bits per heavy atom. The van der Waals surface area contributed by atoms with Gasteiger partial charge in [0.2, 0.25) is 0 Å². The lowest BCUT2D eigenvalue weighted by molar-refractivity contribution is 0.590. The molecule has 0 fully saturated rings. The van der Waals surface area contributed by atoms with Crippen molar-refractivity contribution in [3.8, 4) is 0 Å². The van der Waals surface area contributed by atoms with E-state index < -0.39 is 128 Å². The zero-order valence-electron chi connectivity index (χ0n) is 38.5. The smallest absolute Gasteiger partial charge is 0.0629 e. The van der Waals surface area contributed by atoms with Gasteiger partial charge in [-0.25, -0.2) is 0 Å². The molecule has 1 heteroatoms. The summed E-state index contributed by atoms with van der Waals surface area (Å²) >= 11 is 0. The van der Waals surface area contributed by atoms with E-state index in [0.717, 1.165) is 0 Å². The van der Waals surface area contributed by atoms with Crippen LogP contribution in [0.1, 0.15) is 75.5 Å². The van der Waals surface area contributed by atoms with E-state index in [-0.39, 0.29) is 58.4 Å². The third-order valence-electron chi connectivity index (χ3n) is 5.67. The molecule has 0 N–H and O–H groups in total. The third-order valence-corrected chi connectivity index (χ3v) is 10.4. The van der Waals surface area contributed by atoms with E-state index >= 15 is 0 Å². The van der Waals surface area contributed by atoms with Gasteiger partial charge in [-0.1, -0.05) is 164 Å². The first-order valence-electron chi connectivity index (χ1n) is 20.6. The van der Waals surface area contributed by atoms with Crippen LogP contribution in [0.5, 0.6) is 0 Å². The Hall–Kier alpha value is -2.90. The summed E-state index contributed by atoms with van der Waals surface area (Å²) in [4.78, 5) is 0. The maximum absolute atomic E-state index is 9.55. The highest BCUT2D eigenvalue weighted by Gasteiger charge is 2.35. The van der Waals surface area contributed by atoms with Gasteiger partial charge in [0.15, 0.2) is 0 Å². The van der Waals surface area contributed by atoms with E-state index in [0.29, 0.717) is 0 Å². The molecule has 0 nitrogen and oxygen atoms in total. The molecule has 4 aromatic rings. The maximum Gasteiger partial charge on any atom is 0.0953 e. The topological polar surface area (TPSA) is 0 Å². The number of hydrogen-bond acceptors (Lipinski definition) is 0. The molecule has 4 rings (SSSR count). The Morgan fingerprint density at radius 2 is 1.12 bits per heavy atom. The molecule has 0 bridgehead atoms. The van der Waals surface area contributed by atoms with Crippen molar-refractivity contribution in [2.45, 2.75) is 57.2 Å². The normalized spacial score (nSPS) is 19.8. The Bertz CT molecular complexity index is 2000. The maximum atomic E-state index is 9.55. The van der Waals surface area contributed by atoms with Crippen molar-refractivity contribution in [3.05, 3.63) is 137 Å². The molecule has 0 aliphatic carbocycles. The average molecular weight is 482 g/mol. The van der Waals surface area contributed by atoms with Gasteiger partial charge >= 0.3 is 0 Å². The molecule has 4 aromatic carbocycles. The summed E-state index contributed by atoms with van der Waals surface area (Å²) in [5, 5.41) is -0.0805. The van der Waals surface area contributed by atoms with Crippen LogP contribution in [-0.2, 0) is 23.9 Å². The summed E-state index contributed by atoms with van der Waals surface area (Å²) in [6, 6.07) is -11.8. The lowest BCUT2D eigenvalue weighted by Crippen LogP contribution is -2.53. The van der Waals surface area contributed by atoms with Gasteiger partial charge < -0.3 is 0 Å². The molecule has 0 radical (unpaired) electrons. The van der Waals surface area contributed by atoms with Gasteiger partial charge in [0, 0.05) is 0 Å². The lowest BCUT2D eigenvalue weighted by atomic mass is 9.87. The van der Waals surface area contributed by atoms with Crippen LogP contribution in [0.15, 0.2) is 115 Å². The highest BCUT2D eigenvalue weighted by atomic mass is 28.3. The first kappa shape index (κ1) is 9.99. The minimum absolute atomic E-state index is 0.0305. The average Bonchev–Trinajstić information content (AvgIpc) is 3.10. The molecular formula is C33H38Si. The Kier molecular flexibility index (Phi) is 3.24. The molecule has 0 saturated heterocycles. The molecule has 174 valence electrons. The van der Waals surface area contributed by atoms with Gasteiger partial charge in [-0.05, 0) is 35.1 Å². The monoisotopic (exact) mass is 481 g/mol. The summed E-state index contributed by atoms with van der Waals surface area (Å²) in [5.41, 5.74) is -1.32.